The van der Waals surface area contributed by atoms with Crippen LogP contribution >= 0.6 is 0 Å². The molecule has 0 saturated carbocycles. The lowest BCUT2D eigenvalue weighted by Gasteiger charge is -2.15. The van der Waals surface area contributed by atoms with Crippen LogP contribution in [0.2, 0.25) is 0 Å². The molecule has 0 aliphatic carbocycles. The average Bonchev–Trinajstić information content (AvgIpc) is 2.60. The first-order chi connectivity index (χ1) is 11.1. The summed E-state index contributed by atoms with van der Waals surface area (Å²) in [6.45, 7) is 3.05. The summed E-state index contributed by atoms with van der Waals surface area (Å²) >= 11 is 0. The lowest BCUT2D eigenvalue weighted by molar-refractivity contribution is -0.120. The Kier molecular flexibility index (Phi) is 7.92. The highest BCUT2D eigenvalue weighted by molar-refractivity contribution is 5.77. The van der Waals surface area contributed by atoms with E-state index in [2.05, 4.69) is 46.5 Å². The summed E-state index contributed by atoms with van der Waals surface area (Å²) in [6.07, 6.45) is 4.16. The molecule has 0 saturated heterocycles. The van der Waals surface area contributed by atoms with Crippen LogP contribution in [0.25, 0.3) is 0 Å². The minimum absolute atomic E-state index is 0. The highest BCUT2D eigenvalue weighted by Gasteiger charge is 2.03. The number of aromatic nitrogens is 1. The average molecular weight is 328 g/mol. The van der Waals surface area contributed by atoms with Crippen molar-refractivity contribution in [2.75, 3.05) is 18.5 Å². The Morgan fingerprint density at radius 2 is 1.67 bits per heavy atom. The number of hydrazine groups is 1. The number of nitrogens with zero attached hydrogens (tertiary/aromatic N) is 2. The fraction of sp³-hybridized carbons (Fsp3) is 0.368. The molecule has 0 spiro atoms. The molecule has 1 aromatic heterocycles. The van der Waals surface area contributed by atoms with Crippen LogP contribution in [0.3, 0.4) is 0 Å². The van der Waals surface area contributed by atoms with Crippen molar-refractivity contribution in [3.63, 3.8) is 0 Å². The molecular formula is C19H28N4O. The number of nitrogens with two attached hydrogens (primary N) is 1. The van der Waals surface area contributed by atoms with Gasteiger partial charge in [0.05, 0.1) is 6.42 Å². The number of rotatable bonds is 7. The lowest BCUT2D eigenvalue weighted by Crippen LogP contribution is -2.31. The minimum Gasteiger partial charge on any atom is -0.360 e. The van der Waals surface area contributed by atoms with Crippen LogP contribution in [-0.2, 0) is 24.1 Å². The van der Waals surface area contributed by atoms with Gasteiger partial charge in [-0.3, -0.25) is 10.2 Å². The lowest BCUT2D eigenvalue weighted by atomic mass is 10.0. The number of amides is 1. The highest BCUT2D eigenvalue weighted by atomic mass is 16.2. The summed E-state index contributed by atoms with van der Waals surface area (Å²) in [7, 11) is 2.04. The predicted molar refractivity (Wildman–Crippen MR) is 99.8 cm³/mol. The Bertz CT molecular complexity index is 623. The van der Waals surface area contributed by atoms with Crippen molar-refractivity contribution >= 4 is 11.7 Å². The molecule has 0 atom stereocenters. The van der Waals surface area contributed by atoms with Gasteiger partial charge in [0, 0.05) is 19.8 Å². The fourth-order valence-corrected chi connectivity index (χ4v) is 2.30. The standard InChI is InChI=1S/C18H24N4O.CH4/c1-3-22(2)17-11-10-16(13-20-17)9-6-14-4-7-15(8-5-14)12-18(23)21-19;/h4-5,7-8,10-11,13H,3,6,9,12,19H2,1-2H3,(H,21,23);1H4. The SMILES string of the molecule is C.CCN(C)c1ccc(CCc2ccc(CC(=O)NN)cc2)cn1. The molecule has 0 aliphatic rings. The third-order valence-electron chi connectivity index (χ3n) is 3.93. The summed E-state index contributed by atoms with van der Waals surface area (Å²) in [4.78, 5) is 17.8. The zero-order chi connectivity index (χ0) is 16.7. The van der Waals surface area contributed by atoms with Gasteiger partial charge in [-0.15, -0.1) is 0 Å². The second-order valence-corrected chi connectivity index (χ2v) is 5.60. The van der Waals surface area contributed by atoms with E-state index < -0.39 is 0 Å². The summed E-state index contributed by atoms with van der Waals surface area (Å²) in [5, 5.41) is 0. The second kappa shape index (κ2) is 9.67. The third kappa shape index (κ3) is 5.66. The zero-order valence-electron chi connectivity index (χ0n) is 13.7. The Hall–Kier alpha value is -2.40. The number of anilines is 1. The first-order valence-corrected chi connectivity index (χ1v) is 7.85. The van der Waals surface area contributed by atoms with Gasteiger partial charge in [0.2, 0.25) is 5.91 Å². The second-order valence-electron chi connectivity index (χ2n) is 5.60. The number of aryl methyl sites for hydroxylation is 2. The molecular weight excluding hydrogens is 300 g/mol. The van der Waals surface area contributed by atoms with E-state index in [9.17, 15) is 4.79 Å². The molecule has 130 valence electrons. The van der Waals surface area contributed by atoms with E-state index in [-0.39, 0.29) is 13.3 Å². The Morgan fingerprint density at radius 1 is 1.08 bits per heavy atom. The quantitative estimate of drug-likeness (QED) is 0.465. The van der Waals surface area contributed by atoms with Crippen molar-refractivity contribution < 1.29 is 4.79 Å². The van der Waals surface area contributed by atoms with Gasteiger partial charge in [-0.25, -0.2) is 10.8 Å². The van der Waals surface area contributed by atoms with Gasteiger partial charge in [-0.05, 0) is 42.5 Å². The normalized spacial score (nSPS) is 9.96. The number of hydrogen-bond acceptors (Lipinski definition) is 4. The number of pyridine rings is 1. The molecule has 1 heterocycles. The van der Waals surface area contributed by atoms with Gasteiger partial charge in [0.25, 0.3) is 0 Å². The summed E-state index contributed by atoms with van der Waals surface area (Å²) < 4.78 is 0. The first-order valence-electron chi connectivity index (χ1n) is 7.85. The number of nitrogens with one attached hydrogen (secondary N) is 1. The zero-order valence-corrected chi connectivity index (χ0v) is 13.7. The molecule has 0 radical (unpaired) electrons. The van der Waals surface area contributed by atoms with Crippen molar-refractivity contribution in [3.05, 3.63) is 59.3 Å². The Labute approximate surface area is 144 Å². The molecule has 0 fully saturated rings. The van der Waals surface area contributed by atoms with E-state index in [1.165, 1.54) is 11.1 Å². The molecule has 0 aliphatic heterocycles. The molecule has 2 rings (SSSR count). The molecule has 3 N–H and O–H groups in total. The van der Waals surface area contributed by atoms with Crippen LogP contribution in [0.5, 0.6) is 0 Å². The van der Waals surface area contributed by atoms with E-state index in [0.717, 1.165) is 30.8 Å². The van der Waals surface area contributed by atoms with Crippen LogP contribution < -0.4 is 16.2 Å². The number of carbonyl (C=O) groups excluding carboxylic acids is 1. The molecule has 1 aromatic carbocycles. The summed E-state index contributed by atoms with van der Waals surface area (Å²) in [5.74, 6) is 5.91. The van der Waals surface area contributed by atoms with E-state index in [0.29, 0.717) is 6.42 Å². The van der Waals surface area contributed by atoms with Gasteiger partial charge < -0.3 is 4.90 Å². The van der Waals surface area contributed by atoms with Crippen molar-refractivity contribution in [2.24, 2.45) is 5.84 Å². The monoisotopic (exact) mass is 328 g/mol. The van der Waals surface area contributed by atoms with Crippen LogP contribution in [-0.4, -0.2) is 24.5 Å². The predicted octanol–water partition coefficient (Wildman–Crippen LogP) is 2.49. The Balaban J connectivity index is 0.00000288. The van der Waals surface area contributed by atoms with Crippen LogP contribution in [0.15, 0.2) is 42.6 Å². The Morgan fingerprint density at radius 3 is 2.21 bits per heavy atom. The number of benzene rings is 1. The van der Waals surface area contributed by atoms with Gasteiger partial charge in [0.1, 0.15) is 5.82 Å². The smallest absolute Gasteiger partial charge is 0.238 e. The van der Waals surface area contributed by atoms with E-state index >= 15 is 0 Å². The highest BCUT2D eigenvalue weighted by Crippen LogP contribution is 2.12. The van der Waals surface area contributed by atoms with Crippen molar-refractivity contribution in [1.29, 1.82) is 0 Å². The molecule has 0 bridgehead atoms. The molecule has 5 nitrogen and oxygen atoms in total. The third-order valence-corrected chi connectivity index (χ3v) is 3.93. The molecule has 5 heteroatoms. The topological polar surface area (TPSA) is 71.2 Å². The fourth-order valence-electron chi connectivity index (χ4n) is 2.30. The number of hydrogen-bond donors (Lipinski definition) is 2. The van der Waals surface area contributed by atoms with Crippen molar-refractivity contribution in [3.8, 4) is 0 Å². The first kappa shape index (κ1) is 19.6. The maximum Gasteiger partial charge on any atom is 0.238 e. The molecule has 24 heavy (non-hydrogen) atoms. The van der Waals surface area contributed by atoms with Crippen molar-refractivity contribution in [2.45, 2.75) is 33.6 Å². The number of carbonyl (C=O) groups is 1. The van der Waals surface area contributed by atoms with E-state index in [4.69, 9.17) is 5.84 Å². The molecule has 2 aromatic rings. The minimum atomic E-state index is -0.180. The van der Waals surface area contributed by atoms with E-state index in [1.54, 1.807) is 0 Å². The summed E-state index contributed by atoms with van der Waals surface area (Å²) in [5.41, 5.74) is 5.58. The molecule has 0 unspecified atom stereocenters. The van der Waals surface area contributed by atoms with Gasteiger partial charge >= 0.3 is 0 Å². The van der Waals surface area contributed by atoms with Gasteiger partial charge in [-0.2, -0.15) is 0 Å². The van der Waals surface area contributed by atoms with Crippen molar-refractivity contribution in [1.82, 2.24) is 10.4 Å². The van der Waals surface area contributed by atoms with Gasteiger partial charge in [-0.1, -0.05) is 37.8 Å². The largest absolute Gasteiger partial charge is 0.360 e. The molecule has 1 amide bonds. The van der Waals surface area contributed by atoms with Gasteiger partial charge in [0.15, 0.2) is 0 Å². The summed E-state index contributed by atoms with van der Waals surface area (Å²) in [6, 6.07) is 12.3. The maximum absolute atomic E-state index is 11.2. The van der Waals surface area contributed by atoms with Crippen LogP contribution in [0.4, 0.5) is 5.82 Å². The van der Waals surface area contributed by atoms with Crippen LogP contribution in [0.1, 0.15) is 31.0 Å². The van der Waals surface area contributed by atoms with Crippen LogP contribution in [0, 0.1) is 0 Å². The maximum atomic E-state index is 11.2. The van der Waals surface area contributed by atoms with E-state index in [1.807, 2.05) is 25.4 Å².